The number of carbonyl (C=O) groups is 1. The van der Waals surface area contributed by atoms with Gasteiger partial charge < -0.3 is 19.1 Å². The van der Waals surface area contributed by atoms with Gasteiger partial charge in [0.25, 0.3) is 11.6 Å². The van der Waals surface area contributed by atoms with Crippen molar-refractivity contribution in [3.63, 3.8) is 0 Å². The first kappa shape index (κ1) is 24.6. The minimum Gasteiger partial charge on any atom is -0.438 e. The van der Waals surface area contributed by atoms with Crippen LogP contribution in [0, 0.1) is 17.0 Å². The summed E-state index contributed by atoms with van der Waals surface area (Å²) in [5.74, 6) is -0.310. The fraction of sp³-hybridized carbons (Fsp3) is 0.474. The Labute approximate surface area is 190 Å². The largest absolute Gasteiger partial charge is 0.438 e. The summed E-state index contributed by atoms with van der Waals surface area (Å²) in [4.78, 5) is 24.6. The van der Waals surface area contributed by atoms with Crippen LogP contribution >= 0.6 is 0 Å². The number of nitrogens with one attached hydrogen (secondary N) is 1. The van der Waals surface area contributed by atoms with Crippen molar-refractivity contribution in [1.82, 2.24) is 19.4 Å². The Balaban J connectivity index is 1.97. The average Bonchev–Trinajstić information content (AvgIpc) is 3.07. The van der Waals surface area contributed by atoms with E-state index in [1.165, 1.54) is 17.9 Å². The molecule has 2 aromatic rings. The quantitative estimate of drug-likeness (QED) is 0.310. The summed E-state index contributed by atoms with van der Waals surface area (Å²) in [5.41, 5.74) is 0.154. The number of methoxy groups -OCH3 is 1. The van der Waals surface area contributed by atoms with Gasteiger partial charge in [-0.15, -0.1) is 0 Å². The number of aromatic nitrogens is 2. The summed E-state index contributed by atoms with van der Waals surface area (Å²) in [6, 6.07) is 3.24. The summed E-state index contributed by atoms with van der Waals surface area (Å²) in [6.07, 6.45) is 0. The number of nitro groups is 1. The summed E-state index contributed by atoms with van der Waals surface area (Å²) >= 11 is 0. The number of nitrogens with zero attached hydrogens (tertiary/aromatic N) is 4. The number of aryl methyl sites for hydroxylation is 1. The summed E-state index contributed by atoms with van der Waals surface area (Å²) in [5, 5.41) is 15.5. The molecule has 1 saturated heterocycles. The van der Waals surface area contributed by atoms with E-state index in [9.17, 15) is 23.3 Å². The number of hydrogen-bond donors (Lipinski definition) is 1. The average molecular weight is 484 g/mol. The van der Waals surface area contributed by atoms with Gasteiger partial charge in [0.05, 0.1) is 24.7 Å². The molecular formula is C19H25N5O8S. The first-order valence-electron chi connectivity index (χ1n) is 10.0. The van der Waals surface area contributed by atoms with Crippen LogP contribution in [0.25, 0.3) is 0 Å². The molecule has 1 aliphatic heterocycles. The molecule has 1 aromatic heterocycles. The molecule has 0 spiro atoms. The van der Waals surface area contributed by atoms with Crippen molar-refractivity contribution < 1.29 is 32.3 Å². The molecule has 3 rings (SSSR count). The maximum absolute atomic E-state index is 12.9. The number of non-ortho nitro benzene ring substituents is 1. The predicted molar refractivity (Wildman–Crippen MR) is 115 cm³/mol. The van der Waals surface area contributed by atoms with Crippen molar-refractivity contribution in [3.05, 3.63) is 39.6 Å². The smallest absolute Gasteiger partial charge is 0.274 e. The molecule has 14 heteroatoms. The predicted octanol–water partition coefficient (Wildman–Crippen LogP) is 0.826. The molecule has 0 bridgehead atoms. The molecule has 0 saturated carbocycles. The highest BCUT2D eigenvalue weighted by Gasteiger charge is 2.28. The summed E-state index contributed by atoms with van der Waals surface area (Å²) in [7, 11) is -1.21. The lowest BCUT2D eigenvalue weighted by Gasteiger charge is -2.26. The third-order valence-corrected chi connectivity index (χ3v) is 6.44. The normalized spacial score (nSPS) is 14.3. The van der Waals surface area contributed by atoms with Gasteiger partial charge in [0.2, 0.25) is 15.9 Å². The molecule has 0 aliphatic carbocycles. The number of morpholine rings is 1. The van der Waals surface area contributed by atoms with E-state index in [4.69, 9.17) is 14.2 Å². The molecule has 0 atom stereocenters. The Morgan fingerprint density at radius 1 is 1.33 bits per heavy atom. The van der Waals surface area contributed by atoms with E-state index in [0.29, 0.717) is 31.9 Å². The number of nitro benzene ring substituents is 1. The van der Waals surface area contributed by atoms with Crippen molar-refractivity contribution in [2.24, 2.45) is 7.05 Å². The first-order valence-corrected chi connectivity index (χ1v) is 11.5. The number of benzene rings is 1. The van der Waals surface area contributed by atoms with Gasteiger partial charge in [0, 0.05) is 51.5 Å². The molecule has 1 aromatic carbocycles. The van der Waals surface area contributed by atoms with E-state index in [2.05, 4.69) is 9.82 Å². The van der Waals surface area contributed by atoms with Crippen LogP contribution in [0.2, 0.25) is 0 Å². The van der Waals surface area contributed by atoms with E-state index in [1.807, 2.05) is 0 Å². The van der Waals surface area contributed by atoms with Gasteiger partial charge in [-0.1, -0.05) is 0 Å². The van der Waals surface area contributed by atoms with Gasteiger partial charge in [-0.05, 0) is 13.0 Å². The van der Waals surface area contributed by atoms with Crippen LogP contribution < -0.4 is 9.46 Å². The molecule has 13 nitrogen and oxygen atoms in total. The topological polar surface area (TPSA) is 155 Å². The van der Waals surface area contributed by atoms with Crippen LogP contribution in [0.4, 0.5) is 5.69 Å². The highest BCUT2D eigenvalue weighted by atomic mass is 32.2. The zero-order chi connectivity index (χ0) is 24.2. The van der Waals surface area contributed by atoms with E-state index in [1.54, 1.807) is 18.9 Å². The zero-order valence-electron chi connectivity index (χ0n) is 18.4. The Bertz CT molecular complexity index is 1140. The summed E-state index contributed by atoms with van der Waals surface area (Å²) < 4.78 is 45.2. The minimum absolute atomic E-state index is 0.0378. The van der Waals surface area contributed by atoms with Gasteiger partial charge in [0.1, 0.15) is 10.6 Å². The van der Waals surface area contributed by atoms with Gasteiger partial charge >= 0.3 is 0 Å². The number of ether oxygens (including phenoxy) is 3. The van der Waals surface area contributed by atoms with E-state index >= 15 is 0 Å². The number of amides is 1. The fourth-order valence-electron chi connectivity index (χ4n) is 3.24. The second kappa shape index (κ2) is 10.2. The van der Waals surface area contributed by atoms with Gasteiger partial charge in [-0.2, -0.15) is 5.10 Å². The molecule has 0 unspecified atom stereocenters. The Morgan fingerprint density at radius 3 is 2.67 bits per heavy atom. The standard InChI is InChI=1S/C19H25N5O8S/c1-13-17(18(25)23-7-10-31-11-8-23)21-22(2)19(13)32-15-5-4-14(24(26)27)12-16(15)33(28,29)20-6-9-30-3/h4-5,12,20H,6-11H2,1-3H3. The third kappa shape index (κ3) is 5.47. The molecule has 1 fully saturated rings. The lowest BCUT2D eigenvalue weighted by molar-refractivity contribution is -0.385. The molecule has 1 amide bonds. The number of carbonyl (C=O) groups excluding carboxylic acids is 1. The molecule has 1 aliphatic rings. The first-order chi connectivity index (χ1) is 15.7. The highest BCUT2D eigenvalue weighted by molar-refractivity contribution is 7.89. The van der Waals surface area contributed by atoms with Crippen LogP contribution in [0.5, 0.6) is 11.6 Å². The highest BCUT2D eigenvalue weighted by Crippen LogP contribution is 2.34. The monoisotopic (exact) mass is 483 g/mol. The Hall–Kier alpha value is -3.07. The van der Waals surface area contributed by atoms with Crippen molar-refractivity contribution in [1.29, 1.82) is 0 Å². The van der Waals surface area contributed by atoms with Gasteiger partial charge in [-0.3, -0.25) is 14.9 Å². The van der Waals surface area contributed by atoms with E-state index in [-0.39, 0.29) is 36.4 Å². The van der Waals surface area contributed by atoms with Crippen molar-refractivity contribution in [3.8, 4) is 11.6 Å². The van der Waals surface area contributed by atoms with Crippen LogP contribution in [0.15, 0.2) is 23.1 Å². The number of rotatable bonds is 9. The SMILES string of the molecule is COCCNS(=O)(=O)c1cc([N+](=O)[O-])ccc1Oc1c(C)c(C(=O)N2CCOCC2)nn1C. The maximum Gasteiger partial charge on any atom is 0.274 e. The lowest BCUT2D eigenvalue weighted by atomic mass is 10.2. The third-order valence-electron chi connectivity index (χ3n) is 4.95. The summed E-state index contributed by atoms with van der Waals surface area (Å²) in [6.45, 7) is 3.43. The van der Waals surface area contributed by atoms with Gasteiger partial charge in [-0.25, -0.2) is 17.8 Å². The van der Waals surface area contributed by atoms with E-state index in [0.717, 1.165) is 12.1 Å². The van der Waals surface area contributed by atoms with Crippen molar-refractivity contribution >= 4 is 21.6 Å². The van der Waals surface area contributed by atoms with Crippen LogP contribution in [0.1, 0.15) is 16.1 Å². The lowest BCUT2D eigenvalue weighted by Crippen LogP contribution is -2.41. The van der Waals surface area contributed by atoms with Gasteiger partial charge in [0.15, 0.2) is 5.69 Å². The molecule has 0 radical (unpaired) electrons. The van der Waals surface area contributed by atoms with Crippen LogP contribution in [-0.4, -0.2) is 80.5 Å². The number of hydrogen-bond acceptors (Lipinski definition) is 9. The molecule has 2 heterocycles. The zero-order valence-corrected chi connectivity index (χ0v) is 19.3. The minimum atomic E-state index is -4.17. The van der Waals surface area contributed by atoms with Crippen LogP contribution in [-0.2, 0) is 26.5 Å². The molecule has 33 heavy (non-hydrogen) atoms. The number of sulfonamides is 1. The molecule has 180 valence electrons. The Kier molecular flexibility index (Phi) is 7.63. The second-order valence-electron chi connectivity index (χ2n) is 7.19. The van der Waals surface area contributed by atoms with E-state index < -0.39 is 25.5 Å². The maximum atomic E-state index is 12.9. The molecular weight excluding hydrogens is 458 g/mol. The fourth-order valence-corrected chi connectivity index (χ4v) is 4.40. The molecule has 1 N–H and O–H groups in total. The van der Waals surface area contributed by atoms with Crippen LogP contribution in [0.3, 0.4) is 0 Å². The second-order valence-corrected chi connectivity index (χ2v) is 8.92. The van der Waals surface area contributed by atoms with Crippen molar-refractivity contribution in [2.45, 2.75) is 11.8 Å². The Morgan fingerprint density at radius 2 is 2.03 bits per heavy atom. The van der Waals surface area contributed by atoms with Crippen molar-refractivity contribution in [2.75, 3.05) is 46.6 Å².